The molecule has 2 heterocycles. The number of amides is 1. The van der Waals surface area contributed by atoms with E-state index in [9.17, 15) is 4.79 Å². The molecule has 0 spiro atoms. The summed E-state index contributed by atoms with van der Waals surface area (Å²) in [5.41, 5.74) is 3.34. The van der Waals surface area contributed by atoms with E-state index < -0.39 is 0 Å². The van der Waals surface area contributed by atoms with Crippen molar-refractivity contribution in [2.75, 3.05) is 30.4 Å². The number of nitrogens with zero attached hydrogens (tertiary/aromatic N) is 2. The van der Waals surface area contributed by atoms with E-state index in [0.717, 1.165) is 23.7 Å². The predicted molar refractivity (Wildman–Crippen MR) is 93.5 cm³/mol. The lowest BCUT2D eigenvalue weighted by Gasteiger charge is -2.13. The maximum absolute atomic E-state index is 12.4. The number of carbonyl (C=O) groups is 1. The molecule has 0 saturated carbocycles. The quantitative estimate of drug-likeness (QED) is 0.911. The second-order valence-corrected chi connectivity index (χ2v) is 6.69. The number of benzene rings is 1. The van der Waals surface area contributed by atoms with E-state index in [1.165, 1.54) is 22.6 Å². The Kier molecular flexibility index (Phi) is 4.63. The first kappa shape index (κ1) is 16.0. The number of nitrogens with one attached hydrogen (secondary N) is 1. The number of thiazole rings is 1. The molecule has 1 aromatic carbocycles. The van der Waals surface area contributed by atoms with E-state index in [-0.39, 0.29) is 12.0 Å². The van der Waals surface area contributed by atoms with Crippen LogP contribution < -0.4 is 10.2 Å². The van der Waals surface area contributed by atoms with E-state index in [1.807, 2.05) is 26.0 Å². The third-order valence-electron chi connectivity index (χ3n) is 3.98. The van der Waals surface area contributed by atoms with Gasteiger partial charge in [-0.05, 0) is 38.0 Å². The summed E-state index contributed by atoms with van der Waals surface area (Å²) in [5, 5.41) is 3.78. The summed E-state index contributed by atoms with van der Waals surface area (Å²) in [6.45, 7) is 5.55. The molecule has 0 saturated heterocycles. The van der Waals surface area contributed by atoms with Crippen LogP contribution in [0.3, 0.4) is 0 Å². The number of likely N-dealkylation sites (N-methyl/N-ethyl adjacent to an activating group) is 1. The molecule has 0 radical (unpaired) electrons. The van der Waals surface area contributed by atoms with Gasteiger partial charge in [-0.15, -0.1) is 11.3 Å². The topological polar surface area (TPSA) is 54.5 Å². The Bertz CT molecular complexity index is 714. The molecule has 1 N–H and O–H groups in total. The first-order valence-corrected chi connectivity index (χ1v) is 8.63. The van der Waals surface area contributed by atoms with E-state index in [0.29, 0.717) is 11.5 Å². The standard InChI is InChI=1S/C17H21N3O2S/c1-4-22-11(2)17-18-10-15(23-17)16(21)19-13-6-5-12-7-8-20(3)14(12)9-13/h5-6,9-11H,4,7-8H2,1-3H3,(H,19,21). The maximum Gasteiger partial charge on any atom is 0.267 e. The number of ether oxygens (including phenoxy) is 1. The number of carbonyl (C=O) groups excluding carboxylic acids is 1. The van der Waals surface area contributed by atoms with Gasteiger partial charge in [-0.2, -0.15) is 0 Å². The number of fused-ring (bicyclic) bond motifs is 1. The minimum Gasteiger partial charge on any atom is -0.374 e. The zero-order valence-corrected chi connectivity index (χ0v) is 14.4. The number of aromatic nitrogens is 1. The highest BCUT2D eigenvalue weighted by Gasteiger charge is 2.18. The predicted octanol–water partition coefficient (Wildman–Crippen LogP) is 3.49. The number of anilines is 2. The van der Waals surface area contributed by atoms with Crippen LogP contribution in [0.2, 0.25) is 0 Å². The molecule has 1 aliphatic heterocycles. The molecule has 23 heavy (non-hydrogen) atoms. The molecular weight excluding hydrogens is 310 g/mol. The van der Waals surface area contributed by atoms with Crippen LogP contribution in [0.1, 0.15) is 40.2 Å². The second kappa shape index (κ2) is 6.68. The highest BCUT2D eigenvalue weighted by atomic mass is 32.1. The summed E-state index contributed by atoms with van der Waals surface area (Å²) >= 11 is 1.38. The van der Waals surface area contributed by atoms with Gasteiger partial charge in [-0.25, -0.2) is 4.98 Å². The summed E-state index contributed by atoms with van der Waals surface area (Å²) in [6.07, 6.45) is 2.60. The van der Waals surface area contributed by atoms with Gasteiger partial charge in [0, 0.05) is 31.6 Å². The van der Waals surface area contributed by atoms with Gasteiger partial charge in [0.2, 0.25) is 0 Å². The highest BCUT2D eigenvalue weighted by Crippen LogP contribution is 2.30. The zero-order valence-electron chi connectivity index (χ0n) is 13.6. The van der Waals surface area contributed by atoms with E-state index >= 15 is 0 Å². The molecular formula is C17H21N3O2S. The smallest absolute Gasteiger partial charge is 0.267 e. The van der Waals surface area contributed by atoms with Gasteiger partial charge in [-0.1, -0.05) is 6.07 Å². The third kappa shape index (κ3) is 3.38. The monoisotopic (exact) mass is 331 g/mol. The molecule has 3 rings (SSSR count). The van der Waals surface area contributed by atoms with Crippen molar-refractivity contribution in [2.24, 2.45) is 0 Å². The van der Waals surface area contributed by atoms with Crippen molar-refractivity contribution in [2.45, 2.75) is 26.4 Å². The molecule has 5 nitrogen and oxygen atoms in total. The fourth-order valence-corrected chi connectivity index (χ4v) is 3.53. The molecule has 6 heteroatoms. The largest absolute Gasteiger partial charge is 0.374 e. The lowest BCUT2D eigenvalue weighted by Crippen LogP contribution is -2.13. The SMILES string of the molecule is CCOC(C)c1ncc(C(=O)Nc2ccc3c(c2)N(C)CC3)s1. The van der Waals surface area contributed by atoms with Crippen LogP contribution in [0.5, 0.6) is 0 Å². The van der Waals surface area contributed by atoms with Crippen LogP contribution in [0.4, 0.5) is 11.4 Å². The van der Waals surface area contributed by atoms with Crippen molar-refractivity contribution in [3.63, 3.8) is 0 Å². The van der Waals surface area contributed by atoms with Crippen LogP contribution in [0.25, 0.3) is 0 Å². The molecule has 1 amide bonds. The molecule has 0 aliphatic carbocycles. The number of hydrogen-bond acceptors (Lipinski definition) is 5. The van der Waals surface area contributed by atoms with Crippen molar-refractivity contribution in [1.29, 1.82) is 0 Å². The first-order valence-electron chi connectivity index (χ1n) is 7.81. The minimum atomic E-state index is -0.127. The summed E-state index contributed by atoms with van der Waals surface area (Å²) in [6, 6.07) is 6.08. The van der Waals surface area contributed by atoms with Crippen LogP contribution in [0, 0.1) is 0 Å². The van der Waals surface area contributed by atoms with E-state index in [2.05, 4.69) is 28.3 Å². The van der Waals surface area contributed by atoms with Crippen LogP contribution >= 0.6 is 11.3 Å². The Labute approximate surface area is 140 Å². The summed E-state index contributed by atoms with van der Waals surface area (Å²) in [7, 11) is 2.07. The highest BCUT2D eigenvalue weighted by molar-refractivity contribution is 7.13. The minimum absolute atomic E-state index is 0.0832. The van der Waals surface area contributed by atoms with Crippen molar-refractivity contribution in [1.82, 2.24) is 4.98 Å². The van der Waals surface area contributed by atoms with Crippen molar-refractivity contribution < 1.29 is 9.53 Å². The zero-order chi connectivity index (χ0) is 16.4. The molecule has 122 valence electrons. The van der Waals surface area contributed by atoms with Crippen molar-refractivity contribution in [3.05, 3.63) is 39.8 Å². The summed E-state index contributed by atoms with van der Waals surface area (Å²) in [4.78, 5) is 19.5. The van der Waals surface area contributed by atoms with Gasteiger partial charge >= 0.3 is 0 Å². The Balaban J connectivity index is 1.71. The van der Waals surface area contributed by atoms with Crippen molar-refractivity contribution >= 4 is 28.6 Å². The molecule has 1 atom stereocenters. The van der Waals surface area contributed by atoms with Crippen LogP contribution in [0.15, 0.2) is 24.4 Å². The molecule has 1 aliphatic rings. The van der Waals surface area contributed by atoms with E-state index in [1.54, 1.807) is 6.20 Å². The molecule has 1 aromatic heterocycles. The fourth-order valence-electron chi connectivity index (χ4n) is 2.71. The van der Waals surface area contributed by atoms with Crippen molar-refractivity contribution in [3.8, 4) is 0 Å². The van der Waals surface area contributed by atoms with E-state index in [4.69, 9.17) is 4.74 Å². The van der Waals surface area contributed by atoms with Gasteiger partial charge in [0.25, 0.3) is 5.91 Å². The Morgan fingerprint density at radius 1 is 1.52 bits per heavy atom. The van der Waals surface area contributed by atoms with Gasteiger partial charge in [0.15, 0.2) is 0 Å². The van der Waals surface area contributed by atoms with Crippen LogP contribution in [-0.4, -0.2) is 31.1 Å². The second-order valence-electron chi connectivity index (χ2n) is 5.63. The lowest BCUT2D eigenvalue weighted by molar-refractivity contribution is 0.0762. The molecule has 0 fully saturated rings. The van der Waals surface area contributed by atoms with Crippen LogP contribution in [-0.2, 0) is 11.2 Å². The Morgan fingerprint density at radius 2 is 2.35 bits per heavy atom. The van der Waals surface area contributed by atoms with Gasteiger partial charge < -0.3 is 15.0 Å². The Hall–Kier alpha value is -1.92. The normalized spacial score (nSPS) is 14.7. The molecule has 1 unspecified atom stereocenters. The molecule has 0 bridgehead atoms. The third-order valence-corrected chi connectivity index (χ3v) is 5.14. The summed E-state index contributed by atoms with van der Waals surface area (Å²) in [5.74, 6) is -0.127. The Morgan fingerprint density at radius 3 is 3.13 bits per heavy atom. The lowest BCUT2D eigenvalue weighted by atomic mass is 10.1. The summed E-state index contributed by atoms with van der Waals surface area (Å²) < 4.78 is 5.51. The average Bonchev–Trinajstić information content (AvgIpc) is 3.16. The first-order chi connectivity index (χ1) is 11.1. The maximum atomic E-state index is 12.4. The van der Waals surface area contributed by atoms with Gasteiger partial charge in [-0.3, -0.25) is 4.79 Å². The average molecular weight is 331 g/mol. The fraction of sp³-hybridized carbons (Fsp3) is 0.412. The van der Waals surface area contributed by atoms with Gasteiger partial charge in [0.05, 0.1) is 6.20 Å². The molecule has 2 aromatic rings. The number of rotatable bonds is 5. The van der Waals surface area contributed by atoms with Gasteiger partial charge in [0.1, 0.15) is 16.0 Å². The number of hydrogen-bond donors (Lipinski definition) is 1.